The van der Waals surface area contributed by atoms with E-state index >= 15 is 0 Å². The summed E-state index contributed by atoms with van der Waals surface area (Å²) in [6, 6.07) is 7.78. The standard InChI is InChI=1S/C13H11BrFNO2/c1-18-8-4-5-9(11(15)7-8)13(17)12-10(14)3-2-6-16-12/h2-7,13,17H,1H3. The van der Waals surface area contributed by atoms with E-state index in [1.54, 1.807) is 24.4 Å². The van der Waals surface area contributed by atoms with Gasteiger partial charge in [0.05, 0.1) is 12.8 Å². The Balaban J connectivity index is 2.40. The molecule has 5 heteroatoms. The van der Waals surface area contributed by atoms with Crippen LogP contribution in [0.5, 0.6) is 5.75 Å². The molecule has 0 aliphatic heterocycles. The number of hydrogen-bond acceptors (Lipinski definition) is 3. The quantitative estimate of drug-likeness (QED) is 0.947. The Morgan fingerprint density at radius 1 is 1.39 bits per heavy atom. The molecular formula is C13H11BrFNO2. The van der Waals surface area contributed by atoms with Gasteiger partial charge in [0.25, 0.3) is 0 Å². The maximum atomic E-state index is 13.8. The highest BCUT2D eigenvalue weighted by Gasteiger charge is 2.18. The van der Waals surface area contributed by atoms with Gasteiger partial charge in [0.1, 0.15) is 17.7 Å². The fourth-order valence-corrected chi connectivity index (χ4v) is 2.07. The predicted molar refractivity (Wildman–Crippen MR) is 69.0 cm³/mol. The summed E-state index contributed by atoms with van der Waals surface area (Å²) in [5.41, 5.74) is 0.539. The highest BCUT2D eigenvalue weighted by molar-refractivity contribution is 9.10. The molecule has 0 saturated carbocycles. The first-order valence-electron chi connectivity index (χ1n) is 5.25. The number of pyridine rings is 1. The van der Waals surface area contributed by atoms with Gasteiger partial charge in [-0.3, -0.25) is 4.98 Å². The number of ether oxygens (including phenoxy) is 1. The lowest BCUT2D eigenvalue weighted by Gasteiger charge is -2.13. The van der Waals surface area contributed by atoms with Gasteiger partial charge in [-0.05, 0) is 40.2 Å². The molecule has 2 aromatic rings. The first-order valence-corrected chi connectivity index (χ1v) is 6.04. The fraction of sp³-hybridized carbons (Fsp3) is 0.154. The molecule has 0 aliphatic carbocycles. The summed E-state index contributed by atoms with van der Waals surface area (Å²) in [5, 5.41) is 10.1. The third kappa shape index (κ3) is 2.52. The Morgan fingerprint density at radius 2 is 2.17 bits per heavy atom. The summed E-state index contributed by atoms with van der Waals surface area (Å²) in [7, 11) is 1.46. The smallest absolute Gasteiger partial charge is 0.133 e. The molecule has 0 radical (unpaired) electrons. The first kappa shape index (κ1) is 13.0. The molecular weight excluding hydrogens is 301 g/mol. The third-order valence-corrected chi connectivity index (χ3v) is 3.22. The lowest BCUT2D eigenvalue weighted by Crippen LogP contribution is -2.05. The molecule has 0 aliphatic rings. The molecule has 3 nitrogen and oxygen atoms in total. The van der Waals surface area contributed by atoms with Crippen LogP contribution in [-0.2, 0) is 0 Å². The van der Waals surface area contributed by atoms with Crippen LogP contribution in [0.1, 0.15) is 17.4 Å². The van der Waals surface area contributed by atoms with Crippen molar-refractivity contribution in [1.29, 1.82) is 0 Å². The van der Waals surface area contributed by atoms with Crippen LogP contribution >= 0.6 is 15.9 Å². The van der Waals surface area contributed by atoms with Crippen LogP contribution in [0.3, 0.4) is 0 Å². The van der Waals surface area contributed by atoms with Gasteiger partial charge in [-0.1, -0.05) is 0 Å². The minimum Gasteiger partial charge on any atom is -0.497 e. The fourth-order valence-electron chi connectivity index (χ4n) is 1.60. The van der Waals surface area contributed by atoms with Crippen LogP contribution in [0.2, 0.25) is 0 Å². The molecule has 2 rings (SSSR count). The molecule has 18 heavy (non-hydrogen) atoms. The third-order valence-electron chi connectivity index (χ3n) is 2.55. The second kappa shape index (κ2) is 5.46. The van der Waals surface area contributed by atoms with Crippen molar-refractivity contribution in [1.82, 2.24) is 4.98 Å². The molecule has 1 atom stereocenters. The van der Waals surface area contributed by atoms with E-state index in [-0.39, 0.29) is 5.56 Å². The van der Waals surface area contributed by atoms with Crippen molar-refractivity contribution in [3.8, 4) is 5.75 Å². The van der Waals surface area contributed by atoms with Gasteiger partial charge in [0, 0.05) is 22.3 Å². The van der Waals surface area contributed by atoms with Crippen LogP contribution in [-0.4, -0.2) is 17.2 Å². The average Bonchev–Trinajstić information content (AvgIpc) is 2.38. The maximum Gasteiger partial charge on any atom is 0.133 e. The van der Waals surface area contributed by atoms with Crippen LogP contribution in [0.25, 0.3) is 0 Å². The molecule has 1 N–H and O–H groups in total. The number of rotatable bonds is 3. The van der Waals surface area contributed by atoms with Gasteiger partial charge < -0.3 is 9.84 Å². The predicted octanol–water partition coefficient (Wildman–Crippen LogP) is 3.07. The highest BCUT2D eigenvalue weighted by Crippen LogP contribution is 2.29. The summed E-state index contributed by atoms with van der Waals surface area (Å²) in [4.78, 5) is 4.04. The van der Waals surface area contributed by atoms with Crippen molar-refractivity contribution in [3.63, 3.8) is 0 Å². The molecule has 0 fully saturated rings. The Kier molecular flexibility index (Phi) is 3.93. The highest BCUT2D eigenvalue weighted by atomic mass is 79.9. The van der Waals surface area contributed by atoms with Crippen molar-refractivity contribution >= 4 is 15.9 Å². The lowest BCUT2D eigenvalue weighted by atomic mass is 10.1. The second-order valence-corrected chi connectivity index (χ2v) is 4.51. The average molecular weight is 312 g/mol. The number of aromatic nitrogens is 1. The molecule has 0 saturated heterocycles. The van der Waals surface area contributed by atoms with Crippen molar-refractivity contribution in [2.24, 2.45) is 0 Å². The van der Waals surface area contributed by atoms with E-state index in [1.165, 1.54) is 19.2 Å². The van der Waals surface area contributed by atoms with E-state index < -0.39 is 11.9 Å². The van der Waals surface area contributed by atoms with E-state index in [0.717, 1.165) is 0 Å². The minimum atomic E-state index is -1.12. The van der Waals surface area contributed by atoms with E-state index in [1.807, 2.05) is 0 Å². The molecule has 94 valence electrons. The minimum absolute atomic E-state index is 0.162. The molecule has 1 aromatic carbocycles. The van der Waals surface area contributed by atoms with Gasteiger partial charge in [-0.2, -0.15) is 0 Å². The molecule has 0 bridgehead atoms. The number of aliphatic hydroxyl groups excluding tert-OH is 1. The van der Waals surface area contributed by atoms with Crippen LogP contribution in [0.15, 0.2) is 41.0 Å². The van der Waals surface area contributed by atoms with Gasteiger partial charge in [-0.15, -0.1) is 0 Å². The number of nitrogens with zero attached hydrogens (tertiary/aromatic N) is 1. The summed E-state index contributed by atoms with van der Waals surface area (Å²) in [6.07, 6.45) is 0.427. The normalized spacial score (nSPS) is 12.2. The van der Waals surface area contributed by atoms with E-state index in [9.17, 15) is 9.50 Å². The van der Waals surface area contributed by atoms with Crippen molar-refractivity contribution in [2.75, 3.05) is 7.11 Å². The van der Waals surface area contributed by atoms with Gasteiger partial charge in [0.2, 0.25) is 0 Å². The van der Waals surface area contributed by atoms with Gasteiger partial charge in [0.15, 0.2) is 0 Å². The Morgan fingerprint density at radius 3 is 2.78 bits per heavy atom. The SMILES string of the molecule is COc1ccc(C(O)c2ncccc2Br)c(F)c1. The molecule has 0 amide bonds. The monoisotopic (exact) mass is 311 g/mol. The second-order valence-electron chi connectivity index (χ2n) is 3.66. The van der Waals surface area contributed by atoms with E-state index in [4.69, 9.17) is 4.74 Å². The van der Waals surface area contributed by atoms with Crippen LogP contribution < -0.4 is 4.74 Å². The van der Waals surface area contributed by atoms with Crippen LogP contribution in [0, 0.1) is 5.82 Å². The number of halogens is 2. The van der Waals surface area contributed by atoms with Crippen molar-refractivity contribution < 1.29 is 14.2 Å². The van der Waals surface area contributed by atoms with Gasteiger partial charge in [-0.25, -0.2) is 4.39 Å². The number of hydrogen-bond donors (Lipinski definition) is 1. The summed E-state index contributed by atoms with van der Waals surface area (Å²) < 4.78 is 19.4. The van der Waals surface area contributed by atoms with E-state index in [2.05, 4.69) is 20.9 Å². The first-order chi connectivity index (χ1) is 8.63. The molecule has 1 aromatic heterocycles. The topological polar surface area (TPSA) is 42.4 Å². The molecule has 1 unspecified atom stereocenters. The molecule has 1 heterocycles. The summed E-state index contributed by atoms with van der Waals surface area (Å²) in [5.74, 6) is -0.122. The zero-order chi connectivity index (χ0) is 13.1. The van der Waals surface area contributed by atoms with Crippen molar-refractivity contribution in [3.05, 3.63) is 58.1 Å². The van der Waals surface area contributed by atoms with E-state index in [0.29, 0.717) is 15.9 Å². The zero-order valence-electron chi connectivity index (χ0n) is 9.60. The Bertz CT molecular complexity index is 562. The zero-order valence-corrected chi connectivity index (χ0v) is 11.2. The Hall–Kier alpha value is -1.46. The Labute approximate surface area is 112 Å². The van der Waals surface area contributed by atoms with Gasteiger partial charge >= 0.3 is 0 Å². The number of methoxy groups -OCH3 is 1. The lowest BCUT2D eigenvalue weighted by molar-refractivity contribution is 0.209. The van der Waals surface area contributed by atoms with Crippen molar-refractivity contribution in [2.45, 2.75) is 6.10 Å². The largest absolute Gasteiger partial charge is 0.497 e. The summed E-state index contributed by atoms with van der Waals surface area (Å²) in [6.45, 7) is 0. The number of benzene rings is 1. The summed E-state index contributed by atoms with van der Waals surface area (Å²) >= 11 is 3.28. The molecule has 0 spiro atoms. The number of aliphatic hydroxyl groups is 1. The maximum absolute atomic E-state index is 13.8. The van der Waals surface area contributed by atoms with Crippen LogP contribution in [0.4, 0.5) is 4.39 Å².